The van der Waals surface area contributed by atoms with Crippen molar-refractivity contribution in [3.63, 3.8) is 0 Å². The van der Waals surface area contributed by atoms with Crippen LogP contribution in [0.25, 0.3) is 0 Å². The lowest BCUT2D eigenvalue weighted by Crippen LogP contribution is -2.03. The molecule has 0 heterocycles. The maximum atomic E-state index is 11.4. The number of fused-ring (bicyclic) bond motifs is 1. The third kappa shape index (κ3) is 2.20. The molecule has 80 valence electrons. The van der Waals surface area contributed by atoms with Crippen molar-refractivity contribution in [3.8, 4) is 0 Å². The molecule has 0 amide bonds. The molecular formula is C13H16O2. The average molecular weight is 204 g/mol. The number of methoxy groups -OCH3 is 1. The molecule has 0 radical (unpaired) electrons. The molecule has 0 saturated heterocycles. The Morgan fingerprint density at radius 2 is 1.87 bits per heavy atom. The van der Waals surface area contributed by atoms with Gasteiger partial charge in [0, 0.05) is 0 Å². The Balaban J connectivity index is 2.31. The monoisotopic (exact) mass is 204 g/mol. The smallest absolute Gasteiger partial charge is 0.337 e. The Hall–Kier alpha value is -1.31. The Bertz CT molecular complexity index is 369. The zero-order valence-electron chi connectivity index (χ0n) is 9.08. The number of aryl methyl sites for hydroxylation is 2. The van der Waals surface area contributed by atoms with Crippen LogP contribution in [0, 0.1) is 0 Å². The minimum atomic E-state index is -0.234. The van der Waals surface area contributed by atoms with E-state index in [4.69, 9.17) is 4.74 Å². The number of benzene rings is 1. The van der Waals surface area contributed by atoms with E-state index in [2.05, 4.69) is 6.07 Å². The molecule has 1 aromatic carbocycles. The summed E-state index contributed by atoms with van der Waals surface area (Å²) < 4.78 is 4.72. The number of hydrogen-bond donors (Lipinski definition) is 0. The third-order valence-electron chi connectivity index (χ3n) is 3.02. The number of carbonyl (C=O) groups is 1. The molecule has 1 aliphatic carbocycles. The van der Waals surface area contributed by atoms with Gasteiger partial charge in [0.1, 0.15) is 0 Å². The van der Waals surface area contributed by atoms with Gasteiger partial charge in [0.2, 0.25) is 0 Å². The van der Waals surface area contributed by atoms with Crippen LogP contribution in [-0.2, 0) is 17.6 Å². The summed E-state index contributed by atoms with van der Waals surface area (Å²) in [5, 5.41) is 0. The lowest BCUT2D eigenvalue weighted by Gasteiger charge is -2.07. The van der Waals surface area contributed by atoms with E-state index >= 15 is 0 Å². The lowest BCUT2D eigenvalue weighted by atomic mass is 10.0. The highest BCUT2D eigenvalue weighted by Gasteiger charge is 2.11. The quantitative estimate of drug-likeness (QED) is 0.519. The topological polar surface area (TPSA) is 26.3 Å². The first-order valence-corrected chi connectivity index (χ1v) is 5.51. The van der Waals surface area contributed by atoms with Crippen molar-refractivity contribution in [3.05, 3.63) is 34.9 Å². The number of rotatable bonds is 1. The molecule has 0 atom stereocenters. The van der Waals surface area contributed by atoms with E-state index in [-0.39, 0.29) is 5.97 Å². The molecule has 0 aromatic heterocycles. The SMILES string of the molecule is COC(=O)c1ccc2c(c1)CCCCC2. The van der Waals surface area contributed by atoms with E-state index < -0.39 is 0 Å². The van der Waals surface area contributed by atoms with Gasteiger partial charge in [0.05, 0.1) is 12.7 Å². The summed E-state index contributed by atoms with van der Waals surface area (Å²) in [6.45, 7) is 0. The van der Waals surface area contributed by atoms with Crippen LogP contribution < -0.4 is 0 Å². The summed E-state index contributed by atoms with van der Waals surface area (Å²) in [5.41, 5.74) is 3.41. The maximum Gasteiger partial charge on any atom is 0.337 e. The largest absolute Gasteiger partial charge is 0.465 e. The molecule has 2 rings (SSSR count). The molecule has 0 spiro atoms. The van der Waals surface area contributed by atoms with Gasteiger partial charge in [-0.2, -0.15) is 0 Å². The molecule has 0 N–H and O–H groups in total. The standard InChI is InChI=1S/C13H16O2/c1-15-13(14)12-8-7-10-5-3-2-4-6-11(10)9-12/h7-9H,2-6H2,1H3. The number of carbonyl (C=O) groups excluding carboxylic acids is 1. The van der Waals surface area contributed by atoms with Crippen LogP contribution >= 0.6 is 0 Å². The molecule has 15 heavy (non-hydrogen) atoms. The Labute approximate surface area is 90.3 Å². The van der Waals surface area contributed by atoms with E-state index in [1.807, 2.05) is 12.1 Å². The summed E-state index contributed by atoms with van der Waals surface area (Å²) in [6, 6.07) is 5.94. The van der Waals surface area contributed by atoms with E-state index in [9.17, 15) is 4.79 Å². The van der Waals surface area contributed by atoms with Crippen LogP contribution in [0.4, 0.5) is 0 Å². The molecule has 0 unspecified atom stereocenters. The number of hydrogen-bond acceptors (Lipinski definition) is 2. The van der Waals surface area contributed by atoms with E-state index in [1.165, 1.54) is 37.5 Å². The van der Waals surface area contributed by atoms with Gasteiger partial charge in [0.25, 0.3) is 0 Å². The van der Waals surface area contributed by atoms with E-state index in [1.54, 1.807) is 0 Å². The Morgan fingerprint density at radius 1 is 1.13 bits per heavy atom. The highest BCUT2D eigenvalue weighted by atomic mass is 16.5. The summed E-state index contributed by atoms with van der Waals surface area (Å²) in [5.74, 6) is -0.234. The predicted molar refractivity (Wildman–Crippen MR) is 59.0 cm³/mol. The first-order valence-electron chi connectivity index (χ1n) is 5.51. The van der Waals surface area contributed by atoms with Crippen LogP contribution in [0.3, 0.4) is 0 Å². The van der Waals surface area contributed by atoms with Crippen molar-refractivity contribution in [1.29, 1.82) is 0 Å². The van der Waals surface area contributed by atoms with Gasteiger partial charge < -0.3 is 4.74 Å². The fraction of sp³-hybridized carbons (Fsp3) is 0.462. The lowest BCUT2D eigenvalue weighted by molar-refractivity contribution is 0.0600. The zero-order valence-corrected chi connectivity index (χ0v) is 9.08. The summed E-state index contributed by atoms with van der Waals surface area (Å²) in [4.78, 5) is 11.4. The highest BCUT2D eigenvalue weighted by molar-refractivity contribution is 5.89. The number of ether oxygens (including phenoxy) is 1. The van der Waals surface area contributed by atoms with Crippen LogP contribution in [0.1, 0.15) is 40.7 Å². The van der Waals surface area contributed by atoms with Crippen molar-refractivity contribution in [2.24, 2.45) is 0 Å². The van der Waals surface area contributed by atoms with Gasteiger partial charge >= 0.3 is 5.97 Å². The second-order valence-electron chi connectivity index (χ2n) is 4.04. The Morgan fingerprint density at radius 3 is 2.60 bits per heavy atom. The summed E-state index contributed by atoms with van der Waals surface area (Å²) in [6.07, 6.45) is 6.04. The van der Waals surface area contributed by atoms with E-state index in [0.29, 0.717) is 5.56 Å². The van der Waals surface area contributed by atoms with E-state index in [0.717, 1.165) is 12.8 Å². The summed E-state index contributed by atoms with van der Waals surface area (Å²) >= 11 is 0. The second kappa shape index (κ2) is 4.47. The Kier molecular flexibility index (Phi) is 3.05. The minimum Gasteiger partial charge on any atom is -0.465 e. The van der Waals surface area contributed by atoms with Gasteiger partial charge in [0.15, 0.2) is 0 Å². The summed E-state index contributed by atoms with van der Waals surface area (Å²) in [7, 11) is 1.42. The predicted octanol–water partition coefficient (Wildman–Crippen LogP) is 2.74. The van der Waals surface area contributed by atoms with Crippen LogP contribution in [-0.4, -0.2) is 13.1 Å². The van der Waals surface area contributed by atoms with Gasteiger partial charge in [-0.05, 0) is 48.9 Å². The third-order valence-corrected chi connectivity index (χ3v) is 3.02. The molecule has 0 saturated carbocycles. The van der Waals surface area contributed by atoms with Gasteiger partial charge in [-0.25, -0.2) is 4.79 Å². The molecule has 1 aliphatic rings. The minimum absolute atomic E-state index is 0.234. The van der Waals surface area contributed by atoms with Crippen molar-refractivity contribution in [2.75, 3.05) is 7.11 Å². The molecule has 2 nitrogen and oxygen atoms in total. The fourth-order valence-corrected chi connectivity index (χ4v) is 2.16. The number of esters is 1. The first kappa shape index (κ1) is 10.2. The van der Waals surface area contributed by atoms with Crippen molar-refractivity contribution >= 4 is 5.97 Å². The molecule has 0 fully saturated rings. The van der Waals surface area contributed by atoms with Gasteiger partial charge in [-0.15, -0.1) is 0 Å². The molecule has 2 heteroatoms. The van der Waals surface area contributed by atoms with Gasteiger partial charge in [-0.3, -0.25) is 0 Å². The molecule has 1 aromatic rings. The molecule has 0 bridgehead atoms. The van der Waals surface area contributed by atoms with Crippen molar-refractivity contribution in [1.82, 2.24) is 0 Å². The molecule has 0 aliphatic heterocycles. The van der Waals surface area contributed by atoms with Gasteiger partial charge in [-0.1, -0.05) is 12.5 Å². The average Bonchev–Trinajstić information content (AvgIpc) is 2.51. The van der Waals surface area contributed by atoms with Crippen LogP contribution in [0.15, 0.2) is 18.2 Å². The van der Waals surface area contributed by atoms with Crippen LogP contribution in [0.2, 0.25) is 0 Å². The highest BCUT2D eigenvalue weighted by Crippen LogP contribution is 2.21. The zero-order chi connectivity index (χ0) is 10.7. The maximum absolute atomic E-state index is 11.4. The van der Waals surface area contributed by atoms with Crippen molar-refractivity contribution < 1.29 is 9.53 Å². The van der Waals surface area contributed by atoms with Crippen molar-refractivity contribution in [2.45, 2.75) is 32.1 Å². The fourth-order valence-electron chi connectivity index (χ4n) is 2.16. The molecular weight excluding hydrogens is 188 g/mol. The normalized spacial score (nSPS) is 15.3. The first-order chi connectivity index (χ1) is 7.31. The second-order valence-corrected chi connectivity index (χ2v) is 4.04. The van der Waals surface area contributed by atoms with Crippen LogP contribution in [0.5, 0.6) is 0 Å².